The van der Waals surface area contributed by atoms with Crippen LogP contribution in [0.15, 0.2) is 0 Å². The number of anilines is 1. The van der Waals surface area contributed by atoms with Crippen LogP contribution in [0.5, 0.6) is 0 Å². The summed E-state index contributed by atoms with van der Waals surface area (Å²) in [5, 5.41) is 0.388. The summed E-state index contributed by atoms with van der Waals surface area (Å²) in [7, 11) is 1.79. The van der Waals surface area contributed by atoms with Crippen LogP contribution in [0.25, 0.3) is 0 Å². The van der Waals surface area contributed by atoms with Gasteiger partial charge in [-0.2, -0.15) is 0 Å². The first-order valence-electron chi connectivity index (χ1n) is 6.61. The average molecular weight is 268 g/mol. The van der Waals surface area contributed by atoms with Crippen molar-refractivity contribution < 1.29 is 4.74 Å². The molecule has 0 unspecified atom stereocenters. The molecule has 1 aromatic heterocycles. The van der Waals surface area contributed by atoms with Crippen LogP contribution in [0.3, 0.4) is 0 Å². The highest BCUT2D eigenvalue weighted by Gasteiger charge is 2.26. The molecule has 0 N–H and O–H groups in total. The van der Waals surface area contributed by atoms with Gasteiger partial charge in [-0.05, 0) is 43.7 Å². The van der Waals surface area contributed by atoms with E-state index in [1.165, 1.54) is 12.0 Å². The Morgan fingerprint density at radius 1 is 1.22 bits per heavy atom. The first-order valence-corrected chi connectivity index (χ1v) is 6.98. The number of rotatable bonds is 2. The number of halogens is 1. The summed E-state index contributed by atoms with van der Waals surface area (Å²) in [5.41, 5.74) is 2.47. The van der Waals surface area contributed by atoms with Crippen molar-refractivity contribution >= 4 is 17.4 Å². The van der Waals surface area contributed by atoms with Crippen LogP contribution in [0.2, 0.25) is 5.28 Å². The van der Waals surface area contributed by atoms with E-state index in [0.29, 0.717) is 11.4 Å². The van der Waals surface area contributed by atoms with Gasteiger partial charge in [0.05, 0.1) is 11.8 Å². The molecule has 0 saturated carbocycles. The lowest BCUT2D eigenvalue weighted by molar-refractivity contribution is 0.0817. The predicted molar refractivity (Wildman–Crippen MR) is 71.3 cm³/mol. The van der Waals surface area contributed by atoms with Crippen molar-refractivity contribution in [1.82, 2.24) is 9.97 Å². The van der Waals surface area contributed by atoms with Crippen molar-refractivity contribution in [3.8, 4) is 0 Å². The van der Waals surface area contributed by atoms with Gasteiger partial charge in [0, 0.05) is 25.8 Å². The number of piperidine rings is 1. The molecule has 98 valence electrons. The van der Waals surface area contributed by atoms with Crippen LogP contribution in [0, 0.1) is 0 Å². The van der Waals surface area contributed by atoms with Crippen molar-refractivity contribution in [2.45, 2.75) is 38.2 Å². The Morgan fingerprint density at radius 2 is 2.00 bits per heavy atom. The zero-order chi connectivity index (χ0) is 12.5. The second-order valence-corrected chi connectivity index (χ2v) is 5.36. The Balaban J connectivity index is 1.84. The quantitative estimate of drug-likeness (QED) is 0.771. The molecular weight excluding hydrogens is 250 g/mol. The van der Waals surface area contributed by atoms with Crippen LogP contribution in [0.1, 0.15) is 30.5 Å². The fraction of sp³-hybridized carbons (Fsp3) is 0.692. The van der Waals surface area contributed by atoms with Crippen LogP contribution >= 0.6 is 11.6 Å². The summed E-state index contributed by atoms with van der Waals surface area (Å²) < 4.78 is 5.41. The summed E-state index contributed by atoms with van der Waals surface area (Å²) in [6.45, 7) is 2.00. The molecule has 1 aliphatic heterocycles. The molecule has 4 nitrogen and oxygen atoms in total. The third-order valence-corrected chi connectivity index (χ3v) is 4.13. The van der Waals surface area contributed by atoms with E-state index in [-0.39, 0.29) is 0 Å². The molecule has 1 fully saturated rings. The van der Waals surface area contributed by atoms with Gasteiger partial charge in [-0.25, -0.2) is 9.97 Å². The van der Waals surface area contributed by atoms with E-state index in [4.69, 9.17) is 16.3 Å². The molecule has 3 rings (SSSR count). The molecule has 0 radical (unpaired) electrons. The Kier molecular flexibility index (Phi) is 3.39. The highest BCUT2D eigenvalue weighted by Crippen LogP contribution is 2.31. The first-order chi connectivity index (χ1) is 8.78. The summed E-state index contributed by atoms with van der Waals surface area (Å²) in [6.07, 6.45) is 5.82. The van der Waals surface area contributed by atoms with Gasteiger partial charge in [0.2, 0.25) is 5.28 Å². The lowest BCUT2D eigenvalue weighted by Crippen LogP contribution is -2.37. The number of aromatic nitrogens is 2. The van der Waals surface area contributed by atoms with Gasteiger partial charge in [-0.15, -0.1) is 0 Å². The topological polar surface area (TPSA) is 38.2 Å². The SMILES string of the molecule is COC1CCN(c2nc(Cl)nc3c2CCC3)CC1. The largest absolute Gasteiger partial charge is 0.381 e. The summed E-state index contributed by atoms with van der Waals surface area (Å²) in [4.78, 5) is 11.1. The minimum atomic E-state index is 0.388. The van der Waals surface area contributed by atoms with Gasteiger partial charge >= 0.3 is 0 Å². The average Bonchev–Trinajstić information content (AvgIpc) is 2.86. The maximum Gasteiger partial charge on any atom is 0.224 e. The molecule has 0 bridgehead atoms. The molecule has 0 amide bonds. The molecule has 0 aromatic carbocycles. The van der Waals surface area contributed by atoms with Crippen molar-refractivity contribution in [2.24, 2.45) is 0 Å². The van der Waals surface area contributed by atoms with Crippen LogP contribution in [-0.4, -0.2) is 36.3 Å². The van der Waals surface area contributed by atoms with Crippen molar-refractivity contribution in [3.05, 3.63) is 16.5 Å². The fourth-order valence-electron chi connectivity index (χ4n) is 2.95. The predicted octanol–water partition coefficient (Wildman–Crippen LogP) is 2.23. The number of ether oxygens (including phenoxy) is 1. The zero-order valence-corrected chi connectivity index (χ0v) is 11.4. The molecule has 5 heteroatoms. The summed E-state index contributed by atoms with van der Waals surface area (Å²) in [5.74, 6) is 1.07. The van der Waals surface area contributed by atoms with Crippen molar-refractivity contribution in [1.29, 1.82) is 0 Å². The Morgan fingerprint density at radius 3 is 2.72 bits per heavy atom. The number of hydrogen-bond donors (Lipinski definition) is 0. The van der Waals surface area contributed by atoms with Crippen molar-refractivity contribution in [2.75, 3.05) is 25.1 Å². The van der Waals surface area contributed by atoms with Gasteiger partial charge in [0.1, 0.15) is 5.82 Å². The molecule has 1 aliphatic carbocycles. The van der Waals surface area contributed by atoms with Crippen LogP contribution in [0.4, 0.5) is 5.82 Å². The maximum absolute atomic E-state index is 6.03. The standard InChI is InChI=1S/C13H18ClN3O/c1-18-9-5-7-17(8-6-9)12-10-3-2-4-11(10)15-13(14)16-12/h9H,2-8H2,1H3. The summed E-state index contributed by atoms with van der Waals surface area (Å²) >= 11 is 6.03. The minimum Gasteiger partial charge on any atom is -0.381 e. The number of methoxy groups -OCH3 is 1. The number of aryl methyl sites for hydroxylation is 1. The zero-order valence-electron chi connectivity index (χ0n) is 10.7. The highest BCUT2D eigenvalue weighted by molar-refractivity contribution is 6.28. The minimum absolute atomic E-state index is 0.388. The lowest BCUT2D eigenvalue weighted by Gasteiger charge is -2.33. The van der Waals surface area contributed by atoms with Gasteiger partial charge in [0.25, 0.3) is 0 Å². The molecule has 1 saturated heterocycles. The van der Waals surface area contributed by atoms with Crippen LogP contribution < -0.4 is 4.90 Å². The monoisotopic (exact) mass is 267 g/mol. The van der Waals surface area contributed by atoms with E-state index in [0.717, 1.165) is 50.3 Å². The van der Waals surface area contributed by atoms with Gasteiger partial charge in [-0.3, -0.25) is 0 Å². The number of nitrogens with zero attached hydrogens (tertiary/aromatic N) is 3. The van der Waals surface area contributed by atoms with Crippen LogP contribution in [-0.2, 0) is 17.6 Å². The highest BCUT2D eigenvalue weighted by atomic mass is 35.5. The molecular formula is C13H18ClN3O. The van der Waals surface area contributed by atoms with Gasteiger partial charge < -0.3 is 9.64 Å². The second kappa shape index (κ2) is 5.02. The van der Waals surface area contributed by atoms with E-state index in [9.17, 15) is 0 Å². The van der Waals surface area contributed by atoms with Crippen molar-refractivity contribution in [3.63, 3.8) is 0 Å². The fourth-order valence-corrected chi connectivity index (χ4v) is 3.13. The Labute approximate surface area is 112 Å². The lowest BCUT2D eigenvalue weighted by atomic mass is 10.1. The van der Waals surface area contributed by atoms with Gasteiger partial charge in [0.15, 0.2) is 0 Å². The molecule has 0 atom stereocenters. The third-order valence-electron chi connectivity index (χ3n) is 3.96. The van der Waals surface area contributed by atoms with E-state index in [1.807, 2.05) is 0 Å². The van der Waals surface area contributed by atoms with Gasteiger partial charge in [-0.1, -0.05) is 0 Å². The smallest absolute Gasteiger partial charge is 0.224 e. The molecule has 1 aromatic rings. The molecule has 18 heavy (non-hydrogen) atoms. The second-order valence-electron chi connectivity index (χ2n) is 5.02. The number of fused-ring (bicyclic) bond motifs is 1. The van der Waals surface area contributed by atoms with E-state index < -0.39 is 0 Å². The van der Waals surface area contributed by atoms with E-state index >= 15 is 0 Å². The normalized spacial score (nSPS) is 20.2. The Hall–Kier alpha value is -0.870. The third kappa shape index (κ3) is 2.19. The number of hydrogen-bond acceptors (Lipinski definition) is 4. The molecule has 0 spiro atoms. The first kappa shape index (κ1) is 12.2. The Bertz CT molecular complexity index is 444. The molecule has 2 heterocycles. The van der Waals surface area contributed by atoms with E-state index in [1.54, 1.807) is 7.11 Å². The molecule has 2 aliphatic rings. The maximum atomic E-state index is 6.03. The van der Waals surface area contributed by atoms with E-state index in [2.05, 4.69) is 14.9 Å². The summed E-state index contributed by atoms with van der Waals surface area (Å²) in [6, 6.07) is 0.